The maximum absolute atomic E-state index is 12.2. The van der Waals surface area contributed by atoms with Gasteiger partial charge in [-0.2, -0.15) is 0 Å². The zero-order valence-electron chi connectivity index (χ0n) is 10.0. The van der Waals surface area contributed by atoms with Crippen LogP contribution in [-0.4, -0.2) is 40.0 Å². The van der Waals surface area contributed by atoms with Crippen molar-refractivity contribution < 1.29 is 14.7 Å². The van der Waals surface area contributed by atoms with Gasteiger partial charge >= 0.3 is 5.97 Å². The zero-order valence-corrected chi connectivity index (χ0v) is 10.0. The topological polar surface area (TPSA) is 73.4 Å². The van der Waals surface area contributed by atoms with Gasteiger partial charge in [-0.1, -0.05) is 0 Å². The first-order valence-corrected chi connectivity index (χ1v) is 6.31. The standard InChI is InChI=1S/C13H16N2O3/c16-12(9-3-4-14-5-9)15-6-10(8-1-2-8)11(7-15)13(17)18/h3-5,8,10-11,14H,1-2,6-7H2,(H,17,18)/t10-,11+/m0/s1. The van der Waals surface area contributed by atoms with Gasteiger partial charge < -0.3 is 15.0 Å². The van der Waals surface area contributed by atoms with Gasteiger partial charge in [-0.15, -0.1) is 0 Å². The first-order chi connectivity index (χ1) is 8.66. The molecule has 5 nitrogen and oxygen atoms in total. The molecule has 1 saturated carbocycles. The number of rotatable bonds is 3. The predicted octanol–water partition coefficient (Wildman–Crippen LogP) is 1.20. The van der Waals surface area contributed by atoms with Crippen LogP contribution in [0, 0.1) is 17.8 Å². The highest BCUT2D eigenvalue weighted by atomic mass is 16.4. The Hall–Kier alpha value is -1.78. The van der Waals surface area contributed by atoms with Crippen LogP contribution >= 0.6 is 0 Å². The van der Waals surface area contributed by atoms with E-state index in [2.05, 4.69) is 4.98 Å². The average Bonchev–Trinajstić information content (AvgIpc) is 2.91. The molecule has 0 radical (unpaired) electrons. The molecule has 2 atom stereocenters. The molecular formula is C13H16N2O3. The number of nitrogens with zero attached hydrogens (tertiary/aromatic N) is 1. The summed E-state index contributed by atoms with van der Waals surface area (Å²) in [6.45, 7) is 0.937. The largest absolute Gasteiger partial charge is 0.481 e. The van der Waals surface area contributed by atoms with E-state index in [1.807, 2.05) is 0 Å². The molecule has 0 unspecified atom stereocenters. The number of hydrogen-bond donors (Lipinski definition) is 2. The number of carboxylic acids is 1. The maximum atomic E-state index is 12.2. The highest BCUT2D eigenvalue weighted by Gasteiger charge is 2.46. The predicted molar refractivity (Wildman–Crippen MR) is 64.0 cm³/mol. The fourth-order valence-electron chi connectivity index (χ4n) is 2.90. The Morgan fingerprint density at radius 2 is 2.11 bits per heavy atom. The molecule has 5 heteroatoms. The number of amides is 1. The summed E-state index contributed by atoms with van der Waals surface area (Å²) in [7, 11) is 0. The number of hydrogen-bond acceptors (Lipinski definition) is 2. The number of carboxylic acid groups (broad SMARTS) is 1. The molecule has 2 heterocycles. The summed E-state index contributed by atoms with van der Waals surface area (Å²) in [5.74, 6) is -0.567. The third kappa shape index (κ3) is 1.89. The third-order valence-corrected chi connectivity index (χ3v) is 4.04. The smallest absolute Gasteiger partial charge is 0.308 e. The third-order valence-electron chi connectivity index (χ3n) is 4.04. The van der Waals surface area contributed by atoms with Crippen molar-refractivity contribution in [2.75, 3.05) is 13.1 Å². The van der Waals surface area contributed by atoms with E-state index in [1.54, 1.807) is 23.4 Å². The Balaban J connectivity index is 1.75. The van der Waals surface area contributed by atoms with Gasteiger partial charge in [0.1, 0.15) is 0 Å². The fourth-order valence-corrected chi connectivity index (χ4v) is 2.90. The SMILES string of the molecule is O=C(O)[C@@H]1CN(C(=O)c2cc[nH]c2)C[C@H]1C1CC1. The molecule has 1 saturated heterocycles. The van der Waals surface area contributed by atoms with Crippen molar-refractivity contribution >= 4 is 11.9 Å². The highest BCUT2D eigenvalue weighted by molar-refractivity contribution is 5.94. The van der Waals surface area contributed by atoms with Crippen LogP contribution in [0.25, 0.3) is 0 Å². The Morgan fingerprint density at radius 1 is 1.33 bits per heavy atom. The molecule has 2 N–H and O–H groups in total. The summed E-state index contributed by atoms with van der Waals surface area (Å²) < 4.78 is 0. The lowest BCUT2D eigenvalue weighted by molar-refractivity contribution is -0.142. The maximum Gasteiger partial charge on any atom is 0.308 e. The summed E-state index contributed by atoms with van der Waals surface area (Å²) in [6, 6.07) is 1.72. The number of H-pyrrole nitrogens is 1. The summed E-state index contributed by atoms with van der Waals surface area (Å²) in [5, 5.41) is 9.25. The van der Waals surface area contributed by atoms with E-state index >= 15 is 0 Å². The van der Waals surface area contributed by atoms with Crippen LogP contribution < -0.4 is 0 Å². The van der Waals surface area contributed by atoms with E-state index in [1.165, 1.54) is 0 Å². The van der Waals surface area contributed by atoms with Crippen LogP contribution in [0.1, 0.15) is 23.2 Å². The van der Waals surface area contributed by atoms with Crippen LogP contribution in [0.4, 0.5) is 0 Å². The molecule has 0 aromatic carbocycles. The molecule has 1 aromatic rings. The molecule has 1 amide bonds. The molecule has 2 fully saturated rings. The molecule has 18 heavy (non-hydrogen) atoms. The summed E-state index contributed by atoms with van der Waals surface area (Å²) in [5.41, 5.74) is 0.607. The van der Waals surface area contributed by atoms with Crippen molar-refractivity contribution in [1.29, 1.82) is 0 Å². The monoisotopic (exact) mass is 248 g/mol. The number of nitrogens with one attached hydrogen (secondary N) is 1. The van der Waals surface area contributed by atoms with Crippen molar-refractivity contribution in [3.05, 3.63) is 24.0 Å². The average molecular weight is 248 g/mol. The van der Waals surface area contributed by atoms with Crippen LogP contribution in [0.15, 0.2) is 18.5 Å². The van der Waals surface area contributed by atoms with E-state index in [9.17, 15) is 14.7 Å². The van der Waals surface area contributed by atoms with E-state index in [0.717, 1.165) is 12.8 Å². The first-order valence-electron chi connectivity index (χ1n) is 6.31. The minimum absolute atomic E-state index is 0.0642. The molecule has 1 aliphatic carbocycles. The van der Waals surface area contributed by atoms with Gasteiger partial charge in [0.15, 0.2) is 0 Å². The minimum Gasteiger partial charge on any atom is -0.481 e. The molecule has 1 aliphatic heterocycles. The second-order valence-corrected chi connectivity index (χ2v) is 5.26. The van der Waals surface area contributed by atoms with Gasteiger partial charge in [-0.25, -0.2) is 0 Å². The summed E-state index contributed by atoms with van der Waals surface area (Å²) in [4.78, 5) is 28.0. The molecule has 1 aromatic heterocycles. The second-order valence-electron chi connectivity index (χ2n) is 5.26. The van der Waals surface area contributed by atoms with Gasteiger partial charge in [0.05, 0.1) is 11.5 Å². The van der Waals surface area contributed by atoms with Gasteiger partial charge in [0.2, 0.25) is 0 Å². The lowest BCUT2D eigenvalue weighted by Crippen LogP contribution is -2.29. The van der Waals surface area contributed by atoms with Gasteiger partial charge in [0, 0.05) is 25.5 Å². The van der Waals surface area contributed by atoms with Crippen molar-refractivity contribution in [3.8, 4) is 0 Å². The van der Waals surface area contributed by atoms with Gasteiger partial charge in [-0.05, 0) is 30.7 Å². The lowest BCUT2D eigenvalue weighted by atomic mass is 9.92. The summed E-state index contributed by atoms with van der Waals surface area (Å²) in [6.07, 6.45) is 5.58. The Kier molecular flexibility index (Phi) is 2.61. The van der Waals surface area contributed by atoms with E-state index in [0.29, 0.717) is 24.6 Å². The van der Waals surface area contributed by atoms with Crippen molar-refractivity contribution in [1.82, 2.24) is 9.88 Å². The molecular weight excluding hydrogens is 232 g/mol. The van der Waals surface area contributed by atoms with Crippen molar-refractivity contribution in [3.63, 3.8) is 0 Å². The van der Waals surface area contributed by atoms with E-state index < -0.39 is 5.97 Å². The van der Waals surface area contributed by atoms with Crippen LogP contribution in [0.5, 0.6) is 0 Å². The fraction of sp³-hybridized carbons (Fsp3) is 0.538. The quantitative estimate of drug-likeness (QED) is 0.844. The molecule has 96 valence electrons. The van der Waals surface area contributed by atoms with Crippen molar-refractivity contribution in [2.45, 2.75) is 12.8 Å². The Bertz CT molecular complexity index is 465. The number of aliphatic carboxylic acids is 1. The molecule has 0 bridgehead atoms. The lowest BCUT2D eigenvalue weighted by Gasteiger charge is -2.15. The minimum atomic E-state index is -0.767. The number of likely N-dealkylation sites (tertiary alicyclic amines) is 1. The number of aromatic amines is 1. The molecule has 0 spiro atoms. The summed E-state index contributed by atoms with van der Waals surface area (Å²) >= 11 is 0. The number of carbonyl (C=O) groups excluding carboxylic acids is 1. The Morgan fingerprint density at radius 3 is 2.67 bits per heavy atom. The first kappa shape index (κ1) is 11.3. The van der Waals surface area contributed by atoms with Gasteiger partial charge in [-0.3, -0.25) is 9.59 Å². The normalized spacial score (nSPS) is 27.4. The zero-order chi connectivity index (χ0) is 12.7. The van der Waals surface area contributed by atoms with Gasteiger partial charge in [0.25, 0.3) is 5.91 Å². The van der Waals surface area contributed by atoms with Crippen LogP contribution in [0.3, 0.4) is 0 Å². The van der Waals surface area contributed by atoms with E-state index in [-0.39, 0.29) is 17.7 Å². The number of carbonyl (C=O) groups is 2. The molecule has 2 aliphatic rings. The Labute approximate surface area is 105 Å². The van der Waals surface area contributed by atoms with Crippen molar-refractivity contribution in [2.24, 2.45) is 17.8 Å². The van der Waals surface area contributed by atoms with Crippen LogP contribution in [-0.2, 0) is 4.79 Å². The van der Waals surface area contributed by atoms with E-state index in [4.69, 9.17) is 0 Å². The number of aromatic nitrogens is 1. The highest BCUT2D eigenvalue weighted by Crippen LogP contribution is 2.44. The second kappa shape index (κ2) is 4.15. The van der Waals surface area contributed by atoms with Crippen LogP contribution in [0.2, 0.25) is 0 Å². The molecule has 3 rings (SSSR count).